The van der Waals surface area contributed by atoms with Gasteiger partial charge in [-0.3, -0.25) is 4.79 Å². The number of allylic oxidation sites excluding steroid dienone is 1. The Morgan fingerprint density at radius 1 is 1.23 bits per heavy atom. The molecule has 2 aromatic carbocycles. The molecule has 0 fully saturated rings. The smallest absolute Gasteiger partial charge is 0.208 e. The predicted molar refractivity (Wildman–Crippen MR) is 99.1 cm³/mol. The molecule has 0 unspecified atom stereocenters. The van der Waals surface area contributed by atoms with Gasteiger partial charge in [0.25, 0.3) is 0 Å². The third kappa shape index (κ3) is 3.60. The quantitative estimate of drug-likeness (QED) is 0.546. The zero-order chi connectivity index (χ0) is 18.7. The molecule has 0 aliphatic carbocycles. The van der Waals surface area contributed by atoms with Gasteiger partial charge in [0, 0.05) is 5.02 Å². The number of halogens is 1. The average molecular weight is 370 g/mol. The number of aromatic nitrogens is 3. The number of carbonyl (C=O) groups is 1. The standard InChI is InChI=1S/C19H16ClN3O3/c1-12-19(21-22-23(12)15-7-5-14(20)6-8-15)16(24)9-3-13-4-10-18(26-2)17(25)11-13/h3-11,25H,1-2H3/b9-3+. The fourth-order valence-corrected chi connectivity index (χ4v) is 2.57. The molecular weight excluding hydrogens is 354 g/mol. The molecule has 0 aliphatic heterocycles. The first kappa shape index (κ1) is 17.7. The molecule has 26 heavy (non-hydrogen) atoms. The molecule has 132 valence electrons. The van der Waals surface area contributed by atoms with Crippen LogP contribution in [0.5, 0.6) is 11.5 Å². The number of phenolic OH excluding ortho intramolecular Hbond substituents is 1. The van der Waals surface area contributed by atoms with Crippen molar-refractivity contribution in [2.45, 2.75) is 6.92 Å². The monoisotopic (exact) mass is 369 g/mol. The van der Waals surface area contributed by atoms with Crippen molar-refractivity contribution in [3.63, 3.8) is 0 Å². The predicted octanol–water partition coefficient (Wildman–Crippen LogP) is 3.84. The Morgan fingerprint density at radius 2 is 1.96 bits per heavy atom. The van der Waals surface area contributed by atoms with Crippen molar-refractivity contribution in [2.75, 3.05) is 7.11 Å². The van der Waals surface area contributed by atoms with Gasteiger partial charge in [-0.05, 0) is 55.0 Å². The molecule has 3 aromatic rings. The number of hydrogen-bond acceptors (Lipinski definition) is 5. The lowest BCUT2D eigenvalue weighted by Gasteiger charge is -2.03. The van der Waals surface area contributed by atoms with Crippen LogP contribution in [0, 0.1) is 6.92 Å². The summed E-state index contributed by atoms with van der Waals surface area (Å²) in [6.45, 7) is 1.77. The van der Waals surface area contributed by atoms with Gasteiger partial charge in [-0.2, -0.15) is 0 Å². The number of carbonyl (C=O) groups excluding carboxylic acids is 1. The van der Waals surface area contributed by atoms with Crippen molar-refractivity contribution < 1.29 is 14.6 Å². The number of methoxy groups -OCH3 is 1. The zero-order valence-electron chi connectivity index (χ0n) is 14.2. The zero-order valence-corrected chi connectivity index (χ0v) is 14.9. The second kappa shape index (κ2) is 7.41. The van der Waals surface area contributed by atoms with E-state index < -0.39 is 0 Å². The molecule has 0 radical (unpaired) electrons. The van der Waals surface area contributed by atoms with Crippen molar-refractivity contribution >= 4 is 23.5 Å². The lowest BCUT2D eigenvalue weighted by atomic mass is 10.1. The largest absolute Gasteiger partial charge is 0.504 e. The summed E-state index contributed by atoms with van der Waals surface area (Å²) < 4.78 is 6.57. The second-order valence-electron chi connectivity index (χ2n) is 5.54. The molecule has 0 bridgehead atoms. The number of ketones is 1. The van der Waals surface area contributed by atoms with Crippen LogP contribution >= 0.6 is 11.6 Å². The first-order chi connectivity index (χ1) is 12.5. The summed E-state index contributed by atoms with van der Waals surface area (Å²) in [4.78, 5) is 12.4. The van der Waals surface area contributed by atoms with Crippen LogP contribution in [0.25, 0.3) is 11.8 Å². The van der Waals surface area contributed by atoms with Gasteiger partial charge in [-0.25, -0.2) is 4.68 Å². The topological polar surface area (TPSA) is 77.2 Å². The highest BCUT2D eigenvalue weighted by atomic mass is 35.5. The first-order valence-corrected chi connectivity index (χ1v) is 8.15. The van der Waals surface area contributed by atoms with Gasteiger partial charge in [0.05, 0.1) is 18.5 Å². The number of aromatic hydroxyl groups is 1. The number of phenols is 1. The molecule has 0 atom stereocenters. The molecule has 6 nitrogen and oxygen atoms in total. The van der Waals surface area contributed by atoms with E-state index in [1.165, 1.54) is 19.3 Å². The summed E-state index contributed by atoms with van der Waals surface area (Å²) in [5, 5.41) is 18.4. The van der Waals surface area contributed by atoms with E-state index in [0.717, 1.165) is 5.69 Å². The average Bonchev–Trinajstić information content (AvgIpc) is 3.02. The van der Waals surface area contributed by atoms with Gasteiger partial charge in [-0.15, -0.1) is 5.10 Å². The maximum atomic E-state index is 12.4. The van der Waals surface area contributed by atoms with Crippen LogP contribution in [0.3, 0.4) is 0 Å². The summed E-state index contributed by atoms with van der Waals surface area (Å²) in [6.07, 6.45) is 2.99. The highest BCUT2D eigenvalue weighted by Crippen LogP contribution is 2.26. The lowest BCUT2D eigenvalue weighted by molar-refractivity contribution is 0.104. The van der Waals surface area contributed by atoms with E-state index in [1.54, 1.807) is 54.1 Å². The third-order valence-electron chi connectivity index (χ3n) is 3.83. The normalized spacial score (nSPS) is 11.0. The van der Waals surface area contributed by atoms with E-state index in [9.17, 15) is 9.90 Å². The number of benzene rings is 2. The number of ether oxygens (including phenoxy) is 1. The van der Waals surface area contributed by atoms with Gasteiger partial charge in [-0.1, -0.05) is 29.0 Å². The molecule has 7 heteroatoms. The van der Waals surface area contributed by atoms with Crippen LogP contribution in [0.4, 0.5) is 0 Å². The lowest BCUT2D eigenvalue weighted by Crippen LogP contribution is -2.01. The highest BCUT2D eigenvalue weighted by Gasteiger charge is 2.15. The Balaban J connectivity index is 1.82. The van der Waals surface area contributed by atoms with E-state index in [-0.39, 0.29) is 17.2 Å². The highest BCUT2D eigenvalue weighted by molar-refractivity contribution is 6.30. The summed E-state index contributed by atoms with van der Waals surface area (Å²) in [5.41, 5.74) is 2.32. The molecule has 0 spiro atoms. The van der Waals surface area contributed by atoms with Crippen molar-refractivity contribution in [1.29, 1.82) is 0 Å². The summed E-state index contributed by atoms with van der Waals surface area (Å²) in [5.74, 6) is 0.0974. The minimum absolute atomic E-state index is 0.00645. The summed E-state index contributed by atoms with van der Waals surface area (Å²) in [6, 6.07) is 12.0. The minimum Gasteiger partial charge on any atom is -0.504 e. The Labute approximate surface area is 155 Å². The van der Waals surface area contributed by atoms with Gasteiger partial charge in [0.1, 0.15) is 0 Å². The van der Waals surface area contributed by atoms with Gasteiger partial charge < -0.3 is 9.84 Å². The third-order valence-corrected chi connectivity index (χ3v) is 4.08. The molecule has 1 N–H and O–H groups in total. The van der Waals surface area contributed by atoms with E-state index in [2.05, 4.69) is 10.3 Å². The fraction of sp³-hybridized carbons (Fsp3) is 0.105. The van der Waals surface area contributed by atoms with Crippen molar-refractivity contribution in [3.8, 4) is 17.2 Å². The SMILES string of the molecule is COc1ccc(/C=C/C(=O)c2nnn(-c3ccc(Cl)cc3)c2C)cc1O. The fourth-order valence-electron chi connectivity index (χ4n) is 2.45. The Bertz CT molecular complexity index is 978. The molecule has 1 heterocycles. The molecule has 0 saturated heterocycles. The molecule has 1 aromatic heterocycles. The minimum atomic E-state index is -0.280. The van der Waals surface area contributed by atoms with Crippen LogP contribution < -0.4 is 4.74 Å². The molecule has 0 aliphatic rings. The second-order valence-corrected chi connectivity index (χ2v) is 5.98. The molecule has 3 rings (SSSR count). The number of rotatable bonds is 5. The van der Waals surface area contributed by atoms with Crippen LogP contribution in [-0.4, -0.2) is 33.0 Å². The number of hydrogen-bond donors (Lipinski definition) is 1. The van der Waals surface area contributed by atoms with Gasteiger partial charge in [0.15, 0.2) is 17.2 Å². The van der Waals surface area contributed by atoms with E-state index in [4.69, 9.17) is 16.3 Å². The Morgan fingerprint density at radius 3 is 2.62 bits per heavy atom. The van der Waals surface area contributed by atoms with Crippen molar-refractivity contribution in [2.24, 2.45) is 0 Å². The van der Waals surface area contributed by atoms with Gasteiger partial charge >= 0.3 is 0 Å². The molecule has 0 saturated carbocycles. The first-order valence-electron chi connectivity index (χ1n) is 7.77. The number of nitrogens with zero attached hydrogens (tertiary/aromatic N) is 3. The van der Waals surface area contributed by atoms with E-state index in [1.807, 2.05) is 0 Å². The van der Waals surface area contributed by atoms with Crippen LogP contribution in [0.15, 0.2) is 48.5 Å². The van der Waals surface area contributed by atoms with Crippen molar-refractivity contribution in [1.82, 2.24) is 15.0 Å². The van der Waals surface area contributed by atoms with Crippen LogP contribution in [0.2, 0.25) is 5.02 Å². The van der Waals surface area contributed by atoms with Gasteiger partial charge in [0.2, 0.25) is 5.78 Å². The van der Waals surface area contributed by atoms with E-state index in [0.29, 0.717) is 22.0 Å². The van der Waals surface area contributed by atoms with Crippen LogP contribution in [-0.2, 0) is 0 Å². The Kier molecular flexibility index (Phi) is 5.04. The summed E-state index contributed by atoms with van der Waals surface area (Å²) >= 11 is 5.89. The van der Waals surface area contributed by atoms with Crippen molar-refractivity contribution in [3.05, 3.63) is 70.5 Å². The van der Waals surface area contributed by atoms with Crippen LogP contribution in [0.1, 0.15) is 21.7 Å². The molecule has 0 amide bonds. The summed E-state index contributed by atoms with van der Waals surface area (Å²) in [7, 11) is 1.47. The van der Waals surface area contributed by atoms with E-state index >= 15 is 0 Å². The Hall–Kier alpha value is -3.12. The molecular formula is C19H16ClN3O3. The maximum Gasteiger partial charge on any atom is 0.208 e. The maximum absolute atomic E-state index is 12.4.